The highest BCUT2D eigenvalue weighted by Crippen LogP contribution is 2.33. The molecule has 1 aliphatic rings. The number of aromatic carboxylic acids is 1. The molecule has 4 aromatic rings. The maximum atomic E-state index is 13.2. The van der Waals surface area contributed by atoms with Gasteiger partial charge in [0.1, 0.15) is 5.58 Å². The van der Waals surface area contributed by atoms with Gasteiger partial charge in [-0.05, 0) is 56.0 Å². The minimum atomic E-state index is -1.000. The minimum absolute atomic E-state index is 0.0882. The number of benzene rings is 2. The van der Waals surface area contributed by atoms with Crippen molar-refractivity contribution in [2.24, 2.45) is 0 Å². The summed E-state index contributed by atoms with van der Waals surface area (Å²) in [5.74, 6) is -0.131. The molecular weight excluding hydrogens is 444 g/mol. The SMILES string of the molecule is Cc1cc(C(C)Nc2ccccc2C(=O)O)c2oc(N3CCC[C@@H](c4cn[nH]c4)C3)cc(=O)c2c1. The lowest BCUT2D eigenvalue weighted by atomic mass is 9.93. The zero-order valence-electron chi connectivity index (χ0n) is 19.7. The quantitative estimate of drug-likeness (QED) is 0.359. The summed E-state index contributed by atoms with van der Waals surface area (Å²) in [6, 6.07) is 11.9. The van der Waals surface area contributed by atoms with Crippen molar-refractivity contribution < 1.29 is 14.3 Å². The van der Waals surface area contributed by atoms with Gasteiger partial charge in [-0.1, -0.05) is 18.2 Å². The van der Waals surface area contributed by atoms with Crippen LogP contribution in [-0.4, -0.2) is 34.4 Å². The molecule has 1 aliphatic heterocycles. The van der Waals surface area contributed by atoms with Crippen molar-refractivity contribution in [1.82, 2.24) is 10.2 Å². The maximum absolute atomic E-state index is 13.2. The summed E-state index contributed by atoms with van der Waals surface area (Å²) in [5.41, 5.74) is 4.04. The number of H-pyrrole nitrogens is 1. The monoisotopic (exact) mass is 472 g/mol. The third-order valence-electron chi connectivity index (χ3n) is 6.71. The fourth-order valence-electron chi connectivity index (χ4n) is 4.94. The Morgan fingerprint density at radius 1 is 1.29 bits per heavy atom. The number of aryl methyl sites for hydroxylation is 1. The predicted octanol–water partition coefficient (Wildman–Crippen LogP) is 5.08. The van der Waals surface area contributed by atoms with E-state index in [0.717, 1.165) is 42.6 Å². The molecule has 1 fully saturated rings. The van der Waals surface area contributed by atoms with Crippen LogP contribution < -0.4 is 15.6 Å². The number of aromatic nitrogens is 2. The molecule has 180 valence electrons. The fourth-order valence-corrected chi connectivity index (χ4v) is 4.94. The van der Waals surface area contributed by atoms with Crippen LogP contribution in [0.5, 0.6) is 0 Å². The Hall–Kier alpha value is -4.07. The van der Waals surface area contributed by atoms with Crippen molar-refractivity contribution >= 4 is 28.5 Å². The van der Waals surface area contributed by atoms with Crippen molar-refractivity contribution in [2.45, 2.75) is 38.6 Å². The van der Waals surface area contributed by atoms with E-state index in [9.17, 15) is 14.7 Å². The van der Waals surface area contributed by atoms with Gasteiger partial charge in [0.05, 0.1) is 23.2 Å². The molecule has 2 aromatic carbocycles. The summed E-state index contributed by atoms with van der Waals surface area (Å²) in [7, 11) is 0. The smallest absolute Gasteiger partial charge is 0.337 e. The second kappa shape index (κ2) is 9.29. The van der Waals surface area contributed by atoms with Gasteiger partial charge in [0.25, 0.3) is 0 Å². The maximum Gasteiger partial charge on any atom is 0.337 e. The van der Waals surface area contributed by atoms with E-state index in [1.807, 2.05) is 38.4 Å². The van der Waals surface area contributed by atoms with Gasteiger partial charge in [-0.2, -0.15) is 5.10 Å². The Balaban J connectivity index is 1.53. The third kappa shape index (κ3) is 4.51. The summed E-state index contributed by atoms with van der Waals surface area (Å²) in [5, 5.41) is 20.4. The van der Waals surface area contributed by atoms with Crippen LogP contribution in [0.2, 0.25) is 0 Å². The fraction of sp³-hybridized carbons (Fsp3) is 0.296. The molecule has 3 N–H and O–H groups in total. The van der Waals surface area contributed by atoms with Crippen LogP contribution in [0.4, 0.5) is 11.6 Å². The van der Waals surface area contributed by atoms with Crippen LogP contribution in [0.1, 0.15) is 58.8 Å². The van der Waals surface area contributed by atoms with E-state index >= 15 is 0 Å². The molecule has 2 atom stereocenters. The first-order valence-corrected chi connectivity index (χ1v) is 11.8. The Bertz CT molecular complexity index is 1430. The van der Waals surface area contributed by atoms with Crippen LogP contribution in [-0.2, 0) is 0 Å². The van der Waals surface area contributed by atoms with Gasteiger partial charge in [0, 0.05) is 42.5 Å². The van der Waals surface area contributed by atoms with E-state index in [0.29, 0.717) is 28.5 Å². The van der Waals surface area contributed by atoms with Crippen molar-refractivity contribution in [3.05, 3.63) is 87.3 Å². The van der Waals surface area contributed by atoms with Crippen LogP contribution in [0, 0.1) is 6.92 Å². The van der Waals surface area contributed by atoms with Gasteiger partial charge in [-0.25, -0.2) is 4.79 Å². The second-order valence-electron chi connectivity index (χ2n) is 9.21. The number of carboxylic acids is 1. The van der Waals surface area contributed by atoms with Crippen molar-refractivity contribution in [3.8, 4) is 0 Å². The van der Waals surface area contributed by atoms with Crippen LogP contribution in [0.15, 0.2) is 64.1 Å². The highest BCUT2D eigenvalue weighted by molar-refractivity contribution is 5.94. The Labute approximate surface area is 202 Å². The number of nitrogens with one attached hydrogen (secondary N) is 2. The average Bonchev–Trinajstić information content (AvgIpc) is 3.39. The predicted molar refractivity (Wildman–Crippen MR) is 135 cm³/mol. The number of hydrogen-bond acceptors (Lipinski definition) is 6. The van der Waals surface area contributed by atoms with Gasteiger partial charge < -0.3 is 19.7 Å². The van der Waals surface area contributed by atoms with Gasteiger partial charge >= 0.3 is 5.97 Å². The highest BCUT2D eigenvalue weighted by atomic mass is 16.4. The minimum Gasteiger partial charge on any atom is -0.478 e. The summed E-state index contributed by atoms with van der Waals surface area (Å²) >= 11 is 0. The summed E-state index contributed by atoms with van der Waals surface area (Å²) in [4.78, 5) is 27.0. The molecule has 8 heteroatoms. The lowest BCUT2D eigenvalue weighted by Gasteiger charge is -2.33. The third-order valence-corrected chi connectivity index (χ3v) is 6.71. The van der Waals surface area contributed by atoms with Crippen molar-refractivity contribution in [2.75, 3.05) is 23.3 Å². The first-order chi connectivity index (χ1) is 16.9. The summed E-state index contributed by atoms with van der Waals surface area (Å²) in [6.45, 7) is 5.43. The van der Waals surface area contributed by atoms with Crippen LogP contribution >= 0.6 is 0 Å². The van der Waals surface area contributed by atoms with Crippen molar-refractivity contribution in [1.29, 1.82) is 0 Å². The molecule has 8 nitrogen and oxygen atoms in total. The molecule has 1 unspecified atom stereocenters. The van der Waals surface area contributed by atoms with E-state index in [1.165, 1.54) is 0 Å². The van der Waals surface area contributed by atoms with Crippen LogP contribution in [0.25, 0.3) is 11.0 Å². The van der Waals surface area contributed by atoms with E-state index in [4.69, 9.17) is 4.42 Å². The number of para-hydroxylation sites is 1. The average molecular weight is 473 g/mol. The number of rotatable bonds is 6. The Morgan fingerprint density at radius 2 is 2.11 bits per heavy atom. The largest absolute Gasteiger partial charge is 0.478 e. The molecule has 35 heavy (non-hydrogen) atoms. The number of carbonyl (C=O) groups is 1. The Morgan fingerprint density at radius 3 is 2.89 bits per heavy atom. The number of hydrogen-bond donors (Lipinski definition) is 3. The van der Waals surface area contributed by atoms with Gasteiger partial charge in [-0.15, -0.1) is 0 Å². The first-order valence-electron chi connectivity index (χ1n) is 11.8. The zero-order valence-corrected chi connectivity index (χ0v) is 19.7. The molecule has 0 spiro atoms. The lowest BCUT2D eigenvalue weighted by molar-refractivity contribution is 0.0698. The normalized spacial score (nSPS) is 16.9. The van der Waals surface area contributed by atoms with Crippen LogP contribution in [0.3, 0.4) is 0 Å². The second-order valence-corrected chi connectivity index (χ2v) is 9.21. The molecule has 5 rings (SSSR count). The summed E-state index contributed by atoms with van der Waals surface area (Å²) in [6.07, 6.45) is 5.83. The number of anilines is 2. The molecule has 0 radical (unpaired) electrons. The zero-order chi connectivity index (χ0) is 24.5. The molecule has 0 saturated carbocycles. The molecule has 0 bridgehead atoms. The molecular formula is C27H28N4O4. The molecule has 0 aliphatic carbocycles. The number of aromatic amines is 1. The van der Waals surface area contributed by atoms with Crippen molar-refractivity contribution in [3.63, 3.8) is 0 Å². The molecule has 1 saturated heterocycles. The van der Waals surface area contributed by atoms with E-state index in [-0.39, 0.29) is 17.0 Å². The lowest BCUT2D eigenvalue weighted by Crippen LogP contribution is -2.34. The topological polar surface area (TPSA) is 111 Å². The van der Waals surface area contributed by atoms with Gasteiger partial charge in [-0.3, -0.25) is 9.89 Å². The molecule has 2 aromatic heterocycles. The Kier molecular flexibility index (Phi) is 6.03. The first kappa shape index (κ1) is 22.7. The number of carboxylic acid groups (broad SMARTS) is 1. The van der Waals surface area contributed by atoms with E-state index in [2.05, 4.69) is 20.4 Å². The highest BCUT2D eigenvalue weighted by Gasteiger charge is 2.25. The van der Waals surface area contributed by atoms with E-state index in [1.54, 1.807) is 30.3 Å². The van der Waals surface area contributed by atoms with E-state index < -0.39 is 5.97 Å². The summed E-state index contributed by atoms with van der Waals surface area (Å²) < 4.78 is 6.42. The number of piperidine rings is 1. The number of fused-ring (bicyclic) bond motifs is 1. The standard InChI is InChI=1S/C27H28N4O4/c1-16-10-21(17(2)30-23-8-4-3-7-20(23)27(33)34)26-22(11-16)24(32)12-25(35-26)31-9-5-6-18(15-31)19-13-28-29-14-19/h3-4,7-8,10-14,17-18,30H,5-6,9,15H2,1-2H3,(H,28,29)(H,33,34)/t17?,18-/m1/s1. The molecule has 0 amide bonds. The molecule has 3 heterocycles. The van der Waals surface area contributed by atoms with Gasteiger partial charge in [0.2, 0.25) is 0 Å². The number of nitrogens with zero attached hydrogens (tertiary/aromatic N) is 2. The van der Waals surface area contributed by atoms with Gasteiger partial charge in [0.15, 0.2) is 11.3 Å².